The fraction of sp³-hybridized carbons (Fsp3) is 0.130. The van der Waals surface area contributed by atoms with Crippen LogP contribution >= 0.6 is 11.3 Å². The van der Waals surface area contributed by atoms with Crippen molar-refractivity contribution in [2.24, 2.45) is 0 Å². The lowest BCUT2D eigenvalue weighted by atomic mass is 10.1. The predicted molar refractivity (Wildman–Crippen MR) is 116 cm³/mol. The number of aromatic nitrogens is 2. The molecule has 0 saturated carbocycles. The van der Waals surface area contributed by atoms with E-state index in [0.717, 1.165) is 32.5 Å². The molecule has 0 radical (unpaired) electrons. The number of aryl methyl sites for hydroxylation is 1. The van der Waals surface area contributed by atoms with Gasteiger partial charge >= 0.3 is 0 Å². The second-order valence-corrected chi connectivity index (χ2v) is 8.05. The third-order valence-corrected chi connectivity index (χ3v) is 5.79. The lowest BCUT2D eigenvalue weighted by molar-refractivity contribution is 0.104. The monoisotopic (exact) mass is 418 g/mol. The van der Waals surface area contributed by atoms with Crippen molar-refractivity contribution in [1.82, 2.24) is 9.38 Å². The van der Waals surface area contributed by atoms with Gasteiger partial charge in [-0.05, 0) is 61.5 Å². The number of allylic oxidation sites excluding steroid dienone is 1. The number of hydrogen-bond donors (Lipinski definition) is 0. The Balaban J connectivity index is 1.53. The first-order valence-corrected chi connectivity index (χ1v) is 10.2. The van der Waals surface area contributed by atoms with Crippen LogP contribution in [0.5, 0.6) is 17.2 Å². The Kier molecular flexibility index (Phi) is 4.52. The molecule has 6 nitrogen and oxygen atoms in total. The second kappa shape index (κ2) is 7.35. The number of thiazole rings is 1. The molecule has 0 spiro atoms. The van der Waals surface area contributed by atoms with Crippen molar-refractivity contribution in [3.05, 3.63) is 70.9 Å². The number of imidazole rings is 1. The summed E-state index contributed by atoms with van der Waals surface area (Å²) in [6, 6.07) is 12.9. The minimum Gasteiger partial charge on any atom is -0.497 e. The Morgan fingerprint density at radius 1 is 1.17 bits per heavy atom. The molecule has 0 atom stereocenters. The zero-order valence-corrected chi connectivity index (χ0v) is 17.2. The highest BCUT2D eigenvalue weighted by atomic mass is 32.1. The van der Waals surface area contributed by atoms with Crippen LogP contribution in [-0.4, -0.2) is 29.1 Å². The van der Waals surface area contributed by atoms with Crippen LogP contribution in [0.4, 0.5) is 0 Å². The SMILES string of the molecule is COc1ccc(-c2nc3sc(C)cn3c2C=CC(=O)c2ccc3c(c2)OCO3)cc1. The van der Waals surface area contributed by atoms with Gasteiger partial charge in [0, 0.05) is 22.2 Å². The Hall–Kier alpha value is -3.58. The van der Waals surface area contributed by atoms with Crippen LogP contribution in [0.3, 0.4) is 0 Å². The highest BCUT2D eigenvalue weighted by Gasteiger charge is 2.17. The van der Waals surface area contributed by atoms with Crippen molar-refractivity contribution < 1.29 is 19.0 Å². The van der Waals surface area contributed by atoms with Crippen molar-refractivity contribution in [3.8, 4) is 28.5 Å². The zero-order chi connectivity index (χ0) is 20.7. The summed E-state index contributed by atoms with van der Waals surface area (Å²) in [6.07, 6.45) is 5.42. The molecule has 7 heteroatoms. The van der Waals surface area contributed by atoms with Gasteiger partial charge in [0.25, 0.3) is 0 Å². The van der Waals surface area contributed by atoms with Crippen LogP contribution < -0.4 is 14.2 Å². The molecule has 4 aromatic rings. The molecule has 0 unspecified atom stereocenters. The number of rotatable bonds is 5. The maximum Gasteiger partial charge on any atom is 0.231 e. The van der Waals surface area contributed by atoms with Gasteiger partial charge in [0.2, 0.25) is 6.79 Å². The van der Waals surface area contributed by atoms with E-state index in [0.29, 0.717) is 17.1 Å². The largest absolute Gasteiger partial charge is 0.497 e. The van der Waals surface area contributed by atoms with Crippen LogP contribution in [0, 0.1) is 6.92 Å². The first-order valence-electron chi connectivity index (χ1n) is 9.37. The van der Waals surface area contributed by atoms with Gasteiger partial charge in [-0.3, -0.25) is 9.20 Å². The number of fused-ring (bicyclic) bond motifs is 2. The molecule has 2 aromatic carbocycles. The van der Waals surface area contributed by atoms with E-state index >= 15 is 0 Å². The molecule has 1 aliphatic rings. The first kappa shape index (κ1) is 18.4. The van der Waals surface area contributed by atoms with E-state index in [-0.39, 0.29) is 12.6 Å². The van der Waals surface area contributed by atoms with Crippen LogP contribution in [0.1, 0.15) is 20.9 Å². The molecule has 0 bridgehead atoms. The van der Waals surface area contributed by atoms with E-state index in [4.69, 9.17) is 19.2 Å². The summed E-state index contributed by atoms with van der Waals surface area (Å²) in [5, 5.41) is 0. The molecule has 0 fully saturated rings. The lowest BCUT2D eigenvalue weighted by Gasteiger charge is -2.03. The number of carbonyl (C=O) groups excluding carboxylic acids is 1. The van der Waals surface area contributed by atoms with Gasteiger partial charge in [0.1, 0.15) is 5.75 Å². The van der Waals surface area contributed by atoms with Gasteiger partial charge in [0.15, 0.2) is 22.2 Å². The minimum absolute atomic E-state index is 0.115. The van der Waals surface area contributed by atoms with Crippen molar-refractivity contribution in [3.63, 3.8) is 0 Å². The highest BCUT2D eigenvalue weighted by Crippen LogP contribution is 2.33. The van der Waals surface area contributed by atoms with E-state index in [1.807, 2.05) is 47.9 Å². The molecule has 150 valence electrons. The Labute approximate surface area is 177 Å². The smallest absolute Gasteiger partial charge is 0.231 e. The van der Waals surface area contributed by atoms with Crippen molar-refractivity contribution in [2.45, 2.75) is 6.92 Å². The summed E-state index contributed by atoms with van der Waals surface area (Å²) >= 11 is 1.61. The number of hydrogen-bond acceptors (Lipinski definition) is 6. The summed E-state index contributed by atoms with van der Waals surface area (Å²) < 4.78 is 18.0. The molecule has 1 aliphatic heterocycles. The van der Waals surface area contributed by atoms with Gasteiger partial charge in [0.05, 0.1) is 18.5 Å². The van der Waals surface area contributed by atoms with Gasteiger partial charge in [-0.15, -0.1) is 11.3 Å². The summed E-state index contributed by atoms with van der Waals surface area (Å²) in [5.74, 6) is 1.92. The van der Waals surface area contributed by atoms with Crippen molar-refractivity contribution >= 4 is 28.2 Å². The zero-order valence-electron chi connectivity index (χ0n) is 16.4. The number of nitrogens with zero attached hydrogens (tertiary/aromatic N) is 2. The Morgan fingerprint density at radius 2 is 1.97 bits per heavy atom. The molecule has 2 aromatic heterocycles. The lowest BCUT2D eigenvalue weighted by Crippen LogP contribution is -1.95. The van der Waals surface area contributed by atoms with Crippen LogP contribution in [-0.2, 0) is 0 Å². The topological polar surface area (TPSA) is 62.1 Å². The number of ether oxygens (including phenoxy) is 3. The van der Waals surface area contributed by atoms with E-state index in [1.165, 1.54) is 0 Å². The van der Waals surface area contributed by atoms with E-state index in [1.54, 1.807) is 42.7 Å². The normalized spacial score (nSPS) is 12.7. The Bertz CT molecular complexity index is 1280. The van der Waals surface area contributed by atoms with Gasteiger partial charge in [-0.1, -0.05) is 0 Å². The van der Waals surface area contributed by atoms with Gasteiger partial charge in [-0.25, -0.2) is 4.98 Å². The summed E-state index contributed by atoms with van der Waals surface area (Å²) in [6.45, 7) is 2.22. The van der Waals surface area contributed by atoms with E-state index in [9.17, 15) is 4.79 Å². The Morgan fingerprint density at radius 3 is 2.77 bits per heavy atom. The number of carbonyl (C=O) groups is 1. The van der Waals surface area contributed by atoms with E-state index < -0.39 is 0 Å². The van der Waals surface area contributed by atoms with Gasteiger partial charge < -0.3 is 14.2 Å². The number of benzene rings is 2. The molecule has 0 amide bonds. The van der Waals surface area contributed by atoms with Crippen molar-refractivity contribution in [2.75, 3.05) is 13.9 Å². The molecular weight excluding hydrogens is 400 g/mol. The number of methoxy groups -OCH3 is 1. The van der Waals surface area contributed by atoms with E-state index in [2.05, 4.69) is 0 Å². The van der Waals surface area contributed by atoms with Crippen molar-refractivity contribution in [1.29, 1.82) is 0 Å². The molecule has 0 saturated heterocycles. The minimum atomic E-state index is -0.115. The first-order chi connectivity index (χ1) is 14.6. The molecule has 0 N–H and O–H groups in total. The predicted octanol–water partition coefficient (Wildman–Crippen LogP) is 5.00. The third kappa shape index (κ3) is 3.23. The maximum atomic E-state index is 12.8. The molecule has 0 aliphatic carbocycles. The molecule has 30 heavy (non-hydrogen) atoms. The van der Waals surface area contributed by atoms with Crippen LogP contribution in [0.25, 0.3) is 22.3 Å². The molecule has 3 heterocycles. The highest BCUT2D eigenvalue weighted by molar-refractivity contribution is 7.17. The number of ketones is 1. The second-order valence-electron chi connectivity index (χ2n) is 6.83. The fourth-order valence-corrected chi connectivity index (χ4v) is 4.23. The maximum absolute atomic E-state index is 12.8. The standard InChI is InChI=1S/C23H18N2O4S/c1-14-12-25-18(8-9-19(26)16-5-10-20-21(11-16)29-13-28-20)22(24-23(25)30-14)15-3-6-17(27-2)7-4-15/h3-12H,13H2,1-2H3. The van der Waals surface area contributed by atoms with Gasteiger partial charge in [-0.2, -0.15) is 0 Å². The summed E-state index contributed by atoms with van der Waals surface area (Å²) in [5.41, 5.74) is 3.18. The van der Waals surface area contributed by atoms with Crippen LogP contribution in [0.2, 0.25) is 0 Å². The fourth-order valence-electron chi connectivity index (χ4n) is 3.39. The average Bonchev–Trinajstić information content (AvgIpc) is 3.45. The molecule has 5 rings (SSSR count). The summed E-state index contributed by atoms with van der Waals surface area (Å²) in [4.78, 5) is 19.6. The summed E-state index contributed by atoms with van der Waals surface area (Å²) in [7, 11) is 1.64. The quantitative estimate of drug-likeness (QED) is 0.337. The average molecular weight is 418 g/mol. The third-order valence-electron chi connectivity index (χ3n) is 4.89. The molecular formula is C23H18N2O4S. The van der Waals surface area contributed by atoms with Crippen LogP contribution in [0.15, 0.2) is 54.7 Å².